The molecule has 10 heavy (non-hydrogen) atoms. The van der Waals surface area contributed by atoms with Gasteiger partial charge in [0.15, 0.2) is 0 Å². The Balaban J connectivity index is 2.65. The van der Waals surface area contributed by atoms with E-state index in [0.29, 0.717) is 0 Å². The fourth-order valence-corrected chi connectivity index (χ4v) is 1.54. The van der Waals surface area contributed by atoms with Crippen LogP contribution in [0.2, 0.25) is 5.21 Å². The molecule has 0 spiro atoms. The summed E-state index contributed by atoms with van der Waals surface area (Å²) < 4.78 is 0. The van der Waals surface area contributed by atoms with Gasteiger partial charge >= 0.3 is 73.9 Å². The van der Waals surface area contributed by atoms with Gasteiger partial charge < -0.3 is 0 Å². The van der Waals surface area contributed by atoms with Crippen molar-refractivity contribution in [2.75, 3.05) is 0 Å². The van der Waals surface area contributed by atoms with E-state index >= 15 is 0 Å². The van der Waals surface area contributed by atoms with Crippen LogP contribution in [0.1, 0.15) is 51.9 Å². The van der Waals surface area contributed by atoms with E-state index in [-0.39, 0.29) is 0 Å². The Hall–Kier alpha value is 0.558. The molecule has 0 N–H and O–H groups in total. The van der Waals surface area contributed by atoms with Crippen molar-refractivity contribution in [3.8, 4) is 0 Å². The molecule has 0 bridgehead atoms. The third-order valence-corrected chi connectivity index (χ3v) is 2.43. The maximum absolute atomic E-state index is 2.66. The molecule has 0 aliphatic carbocycles. The van der Waals surface area contributed by atoms with E-state index in [1.54, 1.807) is 0 Å². The fraction of sp³-hybridized carbons (Fsp3) is 1.00. The van der Waals surface area contributed by atoms with E-state index in [9.17, 15) is 0 Å². The van der Waals surface area contributed by atoms with Crippen LogP contribution in [0.15, 0.2) is 0 Å². The van der Waals surface area contributed by atoms with Gasteiger partial charge in [-0.2, -0.15) is 0 Å². The van der Waals surface area contributed by atoms with E-state index < -0.39 is 0 Å². The Morgan fingerprint density at radius 3 is 1.80 bits per heavy atom. The summed E-state index contributed by atoms with van der Waals surface area (Å²) in [5.41, 5.74) is 0. The summed E-state index contributed by atoms with van der Waals surface area (Å²) in [5, 5.41) is 1.31. The van der Waals surface area contributed by atoms with Gasteiger partial charge in [0.05, 0.1) is 0 Å². The summed E-state index contributed by atoms with van der Waals surface area (Å²) in [5.74, 6) is 0. The molecule has 0 aliphatic rings. The van der Waals surface area contributed by atoms with Gasteiger partial charge in [-0.05, 0) is 0 Å². The van der Waals surface area contributed by atoms with Crippen molar-refractivity contribution in [1.82, 2.24) is 0 Å². The molecule has 1 heteroatoms. The second-order valence-electron chi connectivity index (χ2n) is 2.84. The molecule has 0 amide bonds. The van der Waals surface area contributed by atoms with Crippen molar-refractivity contribution in [2.45, 2.75) is 57.1 Å². The molecule has 0 aromatic rings. The van der Waals surface area contributed by atoms with Crippen LogP contribution in [0.25, 0.3) is 0 Å². The standard InChI is InChI=1S/C9H19As/c1-2-3-4-5-6-7-8-9-10/h2-9H2,1H3. The van der Waals surface area contributed by atoms with Gasteiger partial charge in [0, 0.05) is 0 Å². The average molecular weight is 202 g/mol. The van der Waals surface area contributed by atoms with E-state index in [4.69, 9.17) is 0 Å². The predicted molar refractivity (Wildman–Crippen MR) is 48.6 cm³/mol. The summed E-state index contributed by atoms with van der Waals surface area (Å²) in [6, 6.07) is 0. The minimum atomic E-state index is 1.31. The van der Waals surface area contributed by atoms with Crippen molar-refractivity contribution in [2.24, 2.45) is 0 Å². The van der Waals surface area contributed by atoms with Crippen molar-refractivity contribution in [3.05, 3.63) is 0 Å². The number of hydrogen-bond donors (Lipinski definition) is 0. The van der Waals surface area contributed by atoms with Crippen LogP contribution in [0.4, 0.5) is 0 Å². The van der Waals surface area contributed by atoms with E-state index in [1.165, 1.54) is 50.2 Å². The van der Waals surface area contributed by atoms with Crippen LogP contribution in [0.3, 0.4) is 0 Å². The first-order valence-corrected chi connectivity index (χ1v) is 5.85. The zero-order valence-corrected chi connectivity index (χ0v) is 8.98. The van der Waals surface area contributed by atoms with Gasteiger partial charge in [-0.25, -0.2) is 0 Å². The molecule has 2 radical (unpaired) electrons. The van der Waals surface area contributed by atoms with Crippen LogP contribution in [0, 0.1) is 0 Å². The first-order chi connectivity index (χ1) is 4.91. The molecular weight excluding hydrogens is 183 g/mol. The Labute approximate surface area is 74.3 Å². The topological polar surface area (TPSA) is 0 Å². The molecule has 0 saturated heterocycles. The van der Waals surface area contributed by atoms with Gasteiger partial charge in [0.25, 0.3) is 0 Å². The summed E-state index contributed by atoms with van der Waals surface area (Å²) in [6.07, 6.45) is 10.0. The zero-order chi connectivity index (χ0) is 7.66. The van der Waals surface area contributed by atoms with Gasteiger partial charge in [-0.3, -0.25) is 0 Å². The van der Waals surface area contributed by atoms with Crippen LogP contribution in [-0.4, -0.2) is 16.9 Å². The van der Waals surface area contributed by atoms with Gasteiger partial charge in [-0.15, -0.1) is 0 Å². The molecule has 0 aromatic heterocycles. The molecule has 0 fully saturated rings. The summed E-state index contributed by atoms with van der Waals surface area (Å²) in [4.78, 5) is 0. The van der Waals surface area contributed by atoms with Crippen LogP contribution in [0.5, 0.6) is 0 Å². The average Bonchev–Trinajstić information content (AvgIpc) is 1.97. The molecule has 0 rings (SSSR count). The monoisotopic (exact) mass is 202 g/mol. The molecule has 0 atom stereocenters. The van der Waals surface area contributed by atoms with Crippen LogP contribution < -0.4 is 0 Å². The molecule has 0 aromatic carbocycles. The SMILES string of the molecule is CCCCCCCCC[As]. The molecule has 60 valence electrons. The third-order valence-electron chi connectivity index (χ3n) is 1.76. The molecule has 0 aliphatic heterocycles. The molecular formula is C9H19As. The third kappa shape index (κ3) is 8.56. The van der Waals surface area contributed by atoms with E-state index in [0.717, 1.165) is 0 Å². The fourth-order valence-electron chi connectivity index (χ4n) is 1.07. The zero-order valence-electron chi connectivity index (χ0n) is 7.10. The summed E-state index contributed by atoms with van der Waals surface area (Å²) >= 11 is 2.66. The van der Waals surface area contributed by atoms with Gasteiger partial charge in [0.1, 0.15) is 0 Å². The molecule has 0 heterocycles. The molecule has 0 saturated carbocycles. The number of rotatable bonds is 7. The van der Waals surface area contributed by atoms with Crippen LogP contribution >= 0.6 is 0 Å². The Morgan fingerprint density at radius 2 is 1.30 bits per heavy atom. The Bertz CT molecular complexity index is 44.7. The van der Waals surface area contributed by atoms with Crippen molar-refractivity contribution in [1.29, 1.82) is 0 Å². The van der Waals surface area contributed by atoms with Gasteiger partial charge in [0.2, 0.25) is 0 Å². The first-order valence-electron chi connectivity index (χ1n) is 4.52. The maximum atomic E-state index is 2.66. The number of hydrogen-bond acceptors (Lipinski definition) is 0. The van der Waals surface area contributed by atoms with Crippen molar-refractivity contribution < 1.29 is 0 Å². The molecule has 0 nitrogen and oxygen atoms in total. The second-order valence-corrected chi connectivity index (χ2v) is 3.78. The van der Waals surface area contributed by atoms with Crippen molar-refractivity contribution >= 4 is 16.9 Å². The number of unbranched alkanes of at least 4 members (excludes halogenated alkanes) is 6. The quantitative estimate of drug-likeness (QED) is 0.438. The van der Waals surface area contributed by atoms with E-state index in [1.807, 2.05) is 0 Å². The Morgan fingerprint density at radius 1 is 0.800 bits per heavy atom. The minimum absolute atomic E-state index is 1.31. The summed E-state index contributed by atoms with van der Waals surface area (Å²) in [6.45, 7) is 2.27. The molecule has 0 unspecified atom stereocenters. The van der Waals surface area contributed by atoms with E-state index in [2.05, 4.69) is 23.8 Å². The normalized spacial score (nSPS) is 10.2. The predicted octanol–water partition coefficient (Wildman–Crippen LogP) is 3.32. The first kappa shape index (κ1) is 10.6. The van der Waals surface area contributed by atoms with Crippen LogP contribution in [-0.2, 0) is 0 Å². The Kier molecular flexibility index (Phi) is 10.1. The second kappa shape index (κ2) is 9.56. The van der Waals surface area contributed by atoms with Gasteiger partial charge in [-0.1, -0.05) is 0 Å². The van der Waals surface area contributed by atoms with Crippen molar-refractivity contribution in [3.63, 3.8) is 0 Å². The summed E-state index contributed by atoms with van der Waals surface area (Å²) in [7, 11) is 0.